The van der Waals surface area contributed by atoms with Crippen LogP contribution >= 0.6 is 0 Å². The number of piperidine rings is 2. The lowest BCUT2D eigenvalue weighted by Crippen LogP contribution is -2.54. The number of piperazine rings is 1. The Bertz CT molecular complexity index is 2020. The molecule has 1 unspecified atom stereocenters. The number of rotatable bonds is 8. The van der Waals surface area contributed by atoms with Crippen LogP contribution in [0.2, 0.25) is 0 Å². The fraction of sp³-hybridized carbons (Fsp3) is 0.410. The minimum absolute atomic E-state index is 0.106. The first-order valence-corrected chi connectivity index (χ1v) is 18.1. The number of imide groups is 2. The number of aryl methyl sites for hydroxylation is 1. The molecule has 262 valence electrons. The van der Waals surface area contributed by atoms with E-state index in [1.54, 1.807) is 12.1 Å². The molecule has 4 aromatic rings. The molecule has 12 nitrogen and oxygen atoms in total. The maximum Gasteiger partial charge on any atom is 0.262 e. The first-order chi connectivity index (χ1) is 24.8. The van der Waals surface area contributed by atoms with Crippen LogP contribution in [0.4, 0.5) is 11.5 Å². The number of amides is 4. The molecule has 0 radical (unpaired) electrons. The van der Waals surface area contributed by atoms with Crippen LogP contribution in [0, 0.1) is 12.8 Å². The number of carbonyl (C=O) groups is 4. The number of hydrogen-bond donors (Lipinski definition) is 1. The second-order valence-corrected chi connectivity index (χ2v) is 14.2. The van der Waals surface area contributed by atoms with Crippen molar-refractivity contribution in [3.05, 3.63) is 88.9 Å². The SMILES string of the molecule is Cc1cc(Cc2ccc3nc(N4CCC(CCN5CCN(c6ccc7c(c6)C(=O)N(C6CCC(=O)NC6=O)C7=O)CC5)CC4)ccc3n2)ccn1. The van der Waals surface area contributed by atoms with E-state index in [4.69, 9.17) is 9.97 Å². The molecule has 0 aliphatic carbocycles. The van der Waals surface area contributed by atoms with Crippen LogP contribution in [0.3, 0.4) is 0 Å². The van der Waals surface area contributed by atoms with Gasteiger partial charge in [0.25, 0.3) is 11.8 Å². The zero-order chi connectivity index (χ0) is 35.1. The summed E-state index contributed by atoms with van der Waals surface area (Å²) in [6, 6.07) is 16.9. The summed E-state index contributed by atoms with van der Waals surface area (Å²) < 4.78 is 0. The van der Waals surface area contributed by atoms with Crippen molar-refractivity contribution in [1.82, 2.24) is 30.1 Å². The third-order valence-electron chi connectivity index (χ3n) is 10.9. The van der Waals surface area contributed by atoms with Crippen LogP contribution < -0.4 is 15.1 Å². The monoisotopic (exact) mass is 686 g/mol. The highest BCUT2D eigenvalue weighted by atomic mass is 16.2. The number of fused-ring (bicyclic) bond motifs is 2. The van der Waals surface area contributed by atoms with E-state index >= 15 is 0 Å². The average Bonchev–Trinajstić information content (AvgIpc) is 3.39. The Morgan fingerprint density at radius 2 is 1.53 bits per heavy atom. The van der Waals surface area contributed by atoms with Gasteiger partial charge < -0.3 is 9.80 Å². The molecule has 4 amide bonds. The summed E-state index contributed by atoms with van der Waals surface area (Å²) in [5.74, 6) is -0.199. The Morgan fingerprint density at radius 3 is 2.31 bits per heavy atom. The lowest BCUT2D eigenvalue weighted by atomic mass is 9.93. The molecule has 3 saturated heterocycles. The molecule has 0 bridgehead atoms. The van der Waals surface area contributed by atoms with Crippen molar-refractivity contribution in [3.63, 3.8) is 0 Å². The minimum Gasteiger partial charge on any atom is -0.369 e. The Balaban J connectivity index is 0.800. The van der Waals surface area contributed by atoms with Gasteiger partial charge in [0, 0.05) is 75.4 Å². The number of nitrogens with one attached hydrogen (secondary N) is 1. The molecule has 3 aromatic heterocycles. The summed E-state index contributed by atoms with van der Waals surface area (Å²) in [6.45, 7) is 8.63. The molecule has 0 saturated carbocycles. The van der Waals surface area contributed by atoms with Gasteiger partial charge in [0.1, 0.15) is 11.9 Å². The first-order valence-electron chi connectivity index (χ1n) is 18.1. The van der Waals surface area contributed by atoms with Gasteiger partial charge in [0.2, 0.25) is 11.8 Å². The maximum atomic E-state index is 13.3. The Hall–Kier alpha value is -5.23. The van der Waals surface area contributed by atoms with Crippen LogP contribution in [-0.4, -0.2) is 100 Å². The second kappa shape index (κ2) is 13.8. The number of anilines is 2. The van der Waals surface area contributed by atoms with Gasteiger partial charge in [-0.3, -0.25) is 44.3 Å². The third kappa shape index (κ3) is 6.80. The molecule has 1 N–H and O–H groups in total. The van der Waals surface area contributed by atoms with E-state index in [0.29, 0.717) is 17.0 Å². The summed E-state index contributed by atoms with van der Waals surface area (Å²) in [6.07, 6.45) is 6.36. The topological polar surface area (TPSA) is 132 Å². The van der Waals surface area contributed by atoms with Crippen LogP contribution in [0.15, 0.2) is 60.8 Å². The summed E-state index contributed by atoms with van der Waals surface area (Å²) in [4.78, 5) is 72.7. The standard InChI is InChI=1S/C39H42N8O4/c1-25-22-27(10-14-40-25)23-28-2-5-33-32(41-28)6-8-35(42-33)46-16-12-26(13-17-46)11-15-44-18-20-45(21-19-44)29-3-4-30-31(24-29)39(51)47(38(30)50)34-7-9-36(48)43-37(34)49/h2-6,8,10,14,22,24,26,34H,7,9,11-13,15-21,23H2,1H3,(H,43,48,49). The molecule has 0 spiro atoms. The quantitative estimate of drug-likeness (QED) is 0.274. The van der Waals surface area contributed by atoms with Crippen molar-refractivity contribution in [1.29, 1.82) is 0 Å². The van der Waals surface area contributed by atoms with Gasteiger partial charge in [-0.1, -0.05) is 0 Å². The van der Waals surface area contributed by atoms with E-state index < -0.39 is 23.8 Å². The first kappa shape index (κ1) is 32.9. The van der Waals surface area contributed by atoms with Crippen LogP contribution in [0.25, 0.3) is 11.0 Å². The molecular formula is C39H42N8O4. The van der Waals surface area contributed by atoms with Crippen molar-refractivity contribution in [2.75, 3.05) is 55.6 Å². The van der Waals surface area contributed by atoms with E-state index in [2.05, 4.69) is 55.3 Å². The molecule has 3 fully saturated rings. The fourth-order valence-corrected chi connectivity index (χ4v) is 7.94. The molecule has 1 atom stereocenters. The van der Waals surface area contributed by atoms with Crippen molar-refractivity contribution in [2.45, 2.75) is 51.5 Å². The Morgan fingerprint density at radius 1 is 0.765 bits per heavy atom. The van der Waals surface area contributed by atoms with E-state index in [-0.39, 0.29) is 18.7 Å². The molecule has 7 heterocycles. The predicted octanol–water partition coefficient (Wildman–Crippen LogP) is 3.75. The summed E-state index contributed by atoms with van der Waals surface area (Å²) >= 11 is 0. The van der Waals surface area contributed by atoms with E-state index in [9.17, 15) is 19.2 Å². The van der Waals surface area contributed by atoms with Gasteiger partial charge in [-0.2, -0.15) is 0 Å². The van der Waals surface area contributed by atoms with Gasteiger partial charge in [0.05, 0.1) is 22.2 Å². The highest BCUT2D eigenvalue weighted by Gasteiger charge is 2.44. The third-order valence-corrected chi connectivity index (χ3v) is 10.9. The Labute approximate surface area is 296 Å². The maximum absolute atomic E-state index is 13.3. The lowest BCUT2D eigenvalue weighted by molar-refractivity contribution is -0.136. The van der Waals surface area contributed by atoms with Gasteiger partial charge in [0.15, 0.2) is 0 Å². The highest BCUT2D eigenvalue weighted by Crippen LogP contribution is 2.32. The highest BCUT2D eigenvalue weighted by molar-refractivity contribution is 6.23. The van der Waals surface area contributed by atoms with Gasteiger partial charge >= 0.3 is 0 Å². The summed E-state index contributed by atoms with van der Waals surface area (Å²) in [5, 5.41) is 2.25. The molecule has 51 heavy (non-hydrogen) atoms. The zero-order valence-electron chi connectivity index (χ0n) is 28.9. The smallest absolute Gasteiger partial charge is 0.262 e. The number of benzene rings is 1. The summed E-state index contributed by atoms with van der Waals surface area (Å²) in [7, 11) is 0. The van der Waals surface area contributed by atoms with Gasteiger partial charge in [-0.25, -0.2) is 4.98 Å². The van der Waals surface area contributed by atoms with Crippen molar-refractivity contribution >= 4 is 46.2 Å². The van der Waals surface area contributed by atoms with Crippen LogP contribution in [0.1, 0.15) is 69.8 Å². The average molecular weight is 687 g/mol. The number of carbonyl (C=O) groups excluding carboxylic acids is 4. The molecule has 12 heteroatoms. The van der Waals surface area contributed by atoms with Gasteiger partial charge in [-0.15, -0.1) is 0 Å². The fourth-order valence-electron chi connectivity index (χ4n) is 7.94. The van der Waals surface area contributed by atoms with E-state index in [1.165, 1.54) is 12.0 Å². The Kier molecular flexibility index (Phi) is 8.93. The molecule has 1 aromatic carbocycles. The molecule has 4 aliphatic rings. The number of pyridine rings is 3. The normalized spacial score (nSPS) is 20.3. The lowest BCUT2D eigenvalue weighted by Gasteiger charge is -2.38. The molecular weight excluding hydrogens is 644 g/mol. The summed E-state index contributed by atoms with van der Waals surface area (Å²) in [5.41, 5.74) is 6.65. The van der Waals surface area contributed by atoms with E-state index in [1.807, 2.05) is 25.3 Å². The molecule has 8 rings (SSSR count). The molecule has 4 aliphatic heterocycles. The predicted molar refractivity (Wildman–Crippen MR) is 193 cm³/mol. The zero-order valence-corrected chi connectivity index (χ0v) is 28.9. The van der Waals surface area contributed by atoms with Gasteiger partial charge in [-0.05, 0) is 105 Å². The van der Waals surface area contributed by atoms with Crippen LogP contribution in [0.5, 0.6) is 0 Å². The van der Waals surface area contributed by atoms with Crippen LogP contribution in [-0.2, 0) is 16.0 Å². The minimum atomic E-state index is -0.954. The van der Waals surface area contributed by atoms with Crippen molar-refractivity contribution in [3.8, 4) is 0 Å². The van der Waals surface area contributed by atoms with E-state index in [0.717, 1.165) is 104 Å². The number of aromatic nitrogens is 3. The number of nitrogens with zero attached hydrogens (tertiary/aromatic N) is 7. The second-order valence-electron chi connectivity index (χ2n) is 14.2. The van der Waals surface area contributed by atoms with Crippen molar-refractivity contribution in [2.24, 2.45) is 5.92 Å². The number of hydrogen-bond acceptors (Lipinski definition) is 10. The van der Waals surface area contributed by atoms with Crippen molar-refractivity contribution < 1.29 is 19.2 Å². The largest absolute Gasteiger partial charge is 0.369 e.